The van der Waals surface area contributed by atoms with Gasteiger partial charge < -0.3 is 10.5 Å². The maximum absolute atomic E-state index is 12.9. The highest BCUT2D eigenvalue weighted by molar-refractivity contribution is 5.71. The summed E-state index contributed by atoms with van der Waals surface area (Å²) in [6.45, 7) is 0. The maximum Gasteiger partial charge on any atom is 0.338 e. The van der Waals surface area contributed by atoms with Gasteiger partial charge in [0, 0.05) is 0 Å². The van der Waals surface area contributed by atoms with Crippen molar-refractivity contribution in [2.75, 3.05) is 0 Å². The first-order valence-electron chi connectivity index (χ1n) is 7.34. The molecule has 1 aliphatic carbocycles. The van der Waals surface area contributed by atoms with E-state index in [1.165, 1.54) is 12.1 Å². The van der Waals surface area contributed by atoms with E-state index in [1.54, 1.807) is 12.1 Å². The summed E-state index contributed by atoms with van der Waals surface area (Å²) in [7, 11) is 0. The maximum atomic E-state index is 12.9. The molecule has 0 saturated heterocycles. The fraction of sp³-hybridized carbons (Fsp3) is 0.235. The van der Waals surface area contributed by atoms with Crippen molar-refractivity contribution in [3.05, 3.63) is 59.9 Å². The first-order chi connectivity index (χ1) is 11.0. The second-order valence-corrected chi connectivity index (χ2v) is 5.63. The van der Waals surface area contributed by atoms with Crippen molar-refractivity contribution < 1.29 is 19.1 Å². The quantitative estimate of drug-likeness (QED) is 0.668. The molecule has 3 N–H and O–H groups in total. The number of amides is 2. The third-order valence-corrected chi connectivity index (χ3v) is 4.06. The molecule has 2 amide bonds. The van der Waals surface area contributed by atoms with Crippen LogP contribution in [0.3, 0.4) is 0 Å². The summed E-state index contributed by atoms with van der Waals surface area (Å²) >= 11 is 0. The van der Waals surface area contributed by atoms with Crippen LogP contribution in [0.4, 0.5) is 9.18 Å². The molecule has 0 heterocycles. The van der Waals surface area contributed by atoms with Crippen molar-refractivity contribution in [2.24, 2.45) is 5.73 Å². The SMILES string of the molecule is NC(=O)N(O)[C@H]1C[C@H](c2cccc(Oc3ccc(F)cc3)c2)C1. The summed E-state index contributed by atoms with van der Waals surface area (Å²) in [4.78, 5) is 10.9. The Bertz CT molecular complexity index is 699. The molecule has 0 unspecified atom stereocenters. The van der Waals surface area contributed by atoms with Crippen molar-refractivity contribution in [1.82, 2.24) is 5.06 Å². The highest BCUT2D eigenvalue weighted by Gasteiger charge is 2.36. The molecule has 0 bridgehead atoms. The van der Waals surface area contributed by atoms with Crippen molar-refractivity contribution in [3.8, 4) is 11.5 Å². The van der Waals surface area contributed by atoms with E-state index in [0.717, 1.165) is 5.56 Å². The molecule has 3 rings (SSSR count). The Hall–Kier alpha value is -2.60. The van der Waals surface area contributed by atoms with Crippen molar-refractivity contribution in [1.29, 1.82) is 0 Å². The Morgan fingerprint density at radius 1 is 1.17 bits per heavy atom. The number of carbonyl (C=O) groups excluding carboxylic acids is 1. The molecule has 1 fully saturated rings. The van der Waals surface area contributed by atoms with Gasteiger partial charge in [-0.3, -0.25) is 5.21 Å². The summed E-state index contributed by atoms with van der Waals surface area (Å²) in [5.74, 6) is 1.15. The minimum absolute atomic E-state index is 0.237. The lowest BCUT2D eigenvalue weighted by molar-refractivity contribution is -0.102. The van der Waals surface area contributed by atoms with Gasteiger partial charge in [-0.2, -0.15) is 0 Å². The Morgan fingerprint density at radius 2 is 1.87 bits per heavy atom. The number of urea groups is 1. The van der Waals surface area contributed by atoms with Gasteiger partial charge in [0.15, 0.2) is 0 Å². The molecule has 0 spiro atoms. The van der Waals surface area contributed by atoms with Gasteiger partial charge in [-0.1, -0.05) is 12.1 Å². The average molecular weight is 316 g/mol. The molecule has 0 aromatic heterocycles. The predicted octanol–water partition coefficient (Wildman–Crippen LogP) is 3.63. The van der Waals surface area contributed by atoms with E-state index < -0.39 is 6.03 Å². The summed E-state index contributed by atoms with van der Waals surface area (Å²) < 4.78 is 18.6. The van der Waals surface area contributed by atoms with Crippen LogP contribution in [0.1, 0.15) is 24.3 Å². The van der Waals surface area contributed by atoms with Crippen LogP contribution in [0.2, 0.25) is 0 Å². The van der Waals surface area contributed by atoms with E-state index in [0.29, 0.717) is 29.4 Å². The monoisotopic (exact) mass is 316 g/mol. The Balaban J connectivity index is 1.65. The Morgan fingerprint density at radius 3 is 2.52 bits per heavy atom. The number of nitrogens with two attached hydrogens (primary N) is 1. The van der Waals surface area contributed by atoms with Crippen LogP contribution in [-0.4, -0.2) is 22.3 Å². The van der Waals surface area contributed by atoms with Gasteiger partial charge in [-0.05, 0) is 60.7 Å². The zero-order valence-electron chi connectivity index (χ0n) is 12.4. The molecular weight excluding hydrogens is 299 g/mol. The third kappa shape index (κ3) is 3.43. The largest absolute Gasteiger partial charge is 0.457 e. The third-order valence-electron chi connectivity index (χ3n) is 4.06. The summed E-state index contributed by atoms with van der Waals surface area (Å²) in [6.07, 6.45) is 1.30. The topological polar surface area (TPSA) is 75.8 Å². The number of nitrogens with zero attached hydrogens (tertiary/aromatic N) is 1. The number of carbonyl (C=O) groups is 1. The molecular formula is C17H17FN2O3. The van der Waals surface area contributed by atoms with Gasteiger partial charge in [0.05, 0.1) is 6.04 Å². The standard InChI is InChI=1S/C17H17FN2O3/c18-13-4-6-15(7-5-13)23-16-3-1-2-11(10-16)12-8-14(9-12)20(22)17(19)21/h1-7,10,12,14,22H,8-9H2,(H2,19,21)/t12-,14-. The van der Waals surface area contributed by atoms with Crippen LogP contribution in [0.5, 0.6) is 11.5 Å². The van der Waals surface area contributed by atoms with E-state index in [2.05, 4.69) is 0 Å². The van der Waals surface area contributed by atoms with Crippen LogP contribution < -0.4 is 10.5 Å². The van der Waals surface area contributed by atoms with E-state index in [1.807, 2.05) is 24.3 Å². The lowest BCUT2D eigenvalue weighted by Gasteiger charge is -2.39. The summed E-state index contributed by atoms with van der Waals surface area (Å²) in [5, 5.41) is 10.1. The summed E-state index contributed by atoms with van der Waals surface area (Å²) in [6, 6.07) is 12.3. The zero-order chi connectivity index (χ0) is 16.4. The molecule has 1 saturated carbocycles. The van der Waals surface area contributed by atoms with Crippen LogP contribution in [0.25, 0.3) is 0 Å². The minimum Gasteiger partial charge on any atom is -0.457 e. The molecule has 5 nitrogen and oxygen atoms in total. The molecule has 0 radical (unpaired) electrons. The number of hydrogen-bond acceptors (Lipinski definition) is 3. The normalized spacial score (nSPS) is 19.7. The second-order valence-electron chi connectivity index (χ2n) is 5.63. The second kappa shape index (κ2) is 6.26. The number of ether oxygens (including phenoxy) is 1. The molecule has 2 aromatic rings. The van der Waals surface area contributed by atoms with E-state index >= 15 is 0 Å². The van der Waals surface area contributed by atoms with Gasteiger partial charge in [0.25, 0.3) is 0 Å². The molecule has 120 valence electrons. The predicted molar refractivity (Wildman–Crippen MR) is 81.9 cm³/mol. The zero-order valence-corrected chi connectivity index (χ0v) is 12.4. The lowest BCUT2D eigenvalue weighted by atomic mass is 9.75. The number of benzene rings is 2. The highest BCUT2D eigenvalue weighted by atomic mass is 19.1. The van der Waals surface area contributed by atoms with Crippen molar-refractivity contribution in [2.45, 2.75) is 24.8 Å². The van der Waals surface area contributed by atoms with Crippen LogP contribution in [0, 0.1) is 5.82 Å². The van der Waals surface area contributed by atoms with Gasteiger partial charge in [0.1, 0.15) is 17.3 Å². The molecule has 0 aliphatic heterocycles. The van der Waals surface area contributed by atoms with Crippen LogP contribution in [0.15, 0.2) is 48.5 Å². The number of primary amides is 1. The number of hydrogen-bond donors (Lipinski definition) is 2. The van der Waals surface area contributed by atoms with E-state index in [-0.39, 0.29) is 17.8 Å². The number of hydroxylamine groups is 2. The molecule has 1 aliphatic rings. The molecule has 6 heteroatoms. The number of rotatable bonds is 4. The first-order valence-corrected chi connectivity index (χ1v) is 7.34. The molecule has 23 heavy (non-hydrogen) atoms. The van der Waals surface area contributed by atoms with Gasteiger partial charge >= 0.3 is 6.03 Å². The highest BCUT2D eigenvalue weighted by Crippen LogP contribution is 2.40. The van der Waals surface area contributed by atoms with Gasteiger partial charge in [-0.15, -0.1) is 0 Å². The van der Waals surface area contributed by atoms with Crippen molar-refractivity contribution >= 4 is 6.03 Å². The fourth-order valence-corrected chi connectivity index (χ4v) is 2.71. The van der Waals surface area contributed by atoms with Crippen molar-refractivity contribution in [3.63, 3.8) is 0 Å². The summed E-state index contributed by atoms with van der Waals surface area (Å²) in [5.41, 5.74) is 6.11. The Kier molecular flexibility index (Phi) is 4.16. The van der Waals surface area contributed by atoms with Crippen LogP contribution in [-0.2, 0) is 0 Å². The van der Waals surface area contributed by atoms with Gasteiger partial charge in [-0.25, -0.2) is 14.2 Å². The smallest absolute Gasteiger partial charge is 0.338 e. The van der Waals surface area contributed by atoms with Gasteiger partial charge in [0.2, 0.25) is 0 Å². The molecule has 2 aromatic carbocycles. The van der Waals surface area contributed by atoms with E-state index in [9.17, 15) is 14.4 Å². The average Bonchev–Trinajstić information content (AvgIpc) is 2.48. The molecule has 0 atom stereocenters. The number of halogens is 1. The minimum atomic E-state index is -0.832. The fourth-order valence-electron chi connectivity index (χ4n) is 2.71. The van der Waals surface area contributed by atoms with Crippen LogP contribution >= 0.6 is 0 Å². The first kappa shape index (κ1) is 15.3. The Labute approximate surface area is 133 Å². The lowest BCUT2D eigenvalue weighted by Crippen LogP contribution is -2.47. The van der Waals surface area contributed by atoms with E-state index in [4.69, 9.17) is 10.5 Å².